The van der Waals surface area contributed by atoms with Gasteiger partial charge in [-0.15, -0.1) is 0 Å². The summed E-state index contributed by atoms with van der Waals surface area (Å²) in [7, 11) is 0.732. The van der Waals surface area contributed by atoms with Gasteiger partial charge in [-0.25, -0.2) is 0 Å². The van der Waals surface area contributed by atoms with Crippen LogP contribution in [0.5, 0.6) is 0 Å². The van der Waals surface area contributed by atoms with Gasteiger partial charge >= 0.3 is 7.12 Å². The molecule has 0 saturated heterocycles. The number of rotatable bonds is 10. The van der Waals surface area contributed by atoms with Crippen LogP contribution in [0, 0.1) is 0 Å². The first-order chi connectivity index (χ1) is 7.50. The molecule has 2 N–H and O–H groups in total. The van der Waals surface area contributed by atoms with Crippen molar-refractivity contribution >= 4 is 15.0 Å². The molecule has 0 spiro atoms. The molecule has 0 heterocycles. The van der Waals surface area contributed by atoms with Crippen molar-refractivity contribution in [3.63, 3.8) is 0 Å². The van der Waals surface area contributed by atoms with E-state index in [9.17, 15) is 0 Å². The Hall–Kier alpha value is 0.0499. The highest BCUT2D eigenvalue weighted by Gasteiger charge is 2.31. The Balaban J connectivity index is 3.27. The Bertz CT molecular complexity index is 161. The van der Waals surface area contributed by atoms with Gasteiger partial charge in [0.2, 0.25) is 0 Å². The molecule has 0 aliphatic heterocycles. The van der Waals surface area contributed by atoms with Gasteiger partial charge in [-0.2, -0.15) is 0 Å². The van der Waals surface area contributed by atoms with Gasteiger partial charge in [0, 0.05) is 0 Å². The lowest BCUT2D eigenvalue weighted by Gasteiger charge is -2.22. The van der Waals surface area contributed by atoms with Gasteiger partial charge in [0.25, 0.3) is 0 Å². The van der Waals surface area contributed by atoms with Crippen LogP contribution in [0.4, 0.5) is 0 Å². The maximum Gasteiger partial charge on any atom is 0.449 e. The smallest absolute Gasteiger partial charge is 0.427 e. The van der Waals surface area contributed by atoms with Crippen LogP contribution in [0.15, 0.2) is 0 Å². The van der Waals surface area contributed by atoms with Crippen LogP contribution < -0.4 is 0 Å². The van der Waals surface area contributed by atoms with Crippen molar-refractivity contribution in [1.82, 2.24) is 0 Å². The molecule has 0 aromatic carbocycles. The molecule has 2 nitrogen and oxygen atoms in total. The van der Waals surface area contributed by atoms with E-state index in [-0.39, 0.29) is 5.21 Å². The summed E-state index contributed by atoms with van der Waals surface area (Å²) in [5.41, 5.74) is 0. The minimum Gasteiger partial charge on any atom is -0.427 e. The maximum absolute atomic E-state index is 9.14. The summed E-state index contributed by atoms with van der Waals surface area (Å²) in [6.07, 6.45) is 11.3. The highest BCUT2D eigenvalue weighted by atomic mass is 16.4. The van der Waals surface area contributed by atoms with Crippen molar-refractivity contribution in [2.45, 2.75) is 76.8 Å². The molecule has 0 radical (unpaired) electrons. The molecule has 0 rings (SSSR count). The van der Waals surface area contributed by atoms with Crippen LogP contribution in [-0.4, -0.2) is 25.0 Å². The summed E-state index contributed by atoms with van der Waals surface area (Å²) >= 11 is 0. The van der Waals surface area contributed by atoms with E-state index in [1.54, 1.807) is 0 Å². The van der Waals surface area contributed by atoms with Crippen LogP contribution in [0.25, 0.3) is 0 Å². The fourth-order valence-electron chi connectivity index (χ4n) is 1.84. The molecule has 4 heteroatoms. The van der Waals surface area contributed by atoms with Gasteiger partial charge in [-0.1, -0.05) is 71.6 Å². The zero-order chi connectivity index (χ0) is 12.4. The second-order valence-electron chi connectivity index (χ2n) is 5.59. The fraction of sp³-hybridized carbons (Fsp3) is 1.00. The fourth-order valence-corrected chi connectivity index (χ4v) is 1.84. The summed E-state index contributed by atoms with van der Waals surface area (Å²) in [5, 5.41) is 17.9. The van der Waals surface area contributed by atoms with E-state index < -0.39 is 7.12 Å². The Morgan fingerprint density at radius 1 is 0.938 bits per heavy atom. The highest BCUT2D eigenvalue weighted by molar-refractivity contribution is 6.57. The van der Waals surface area contributed by atoms with E-state index in [4.69, 9.17) is 10.0 Å². The summed E-state index contributed by atoms with van der Waals surface area (Å²) in [6, 6.07) is 0. The topological polar surface area (TPSA) is 40.5 Å². The molecule has 0 aromatic rings. The molecule has 0 aliphatic rings. The van der Waals surface area contributed by atoms with Gasteiger partial charge in [-0.05, 0) is 5.21 Å². The Morgan fingerprint density at radius 2 is 1.38 bits per heavy atom. The minimum absolute atomic E-state index is 0.345. The van der Waals surface area contributed by atoms with E-state index in [0.29, 0.717) is 0 Å². The predicted molar refractivity (Wildman–Crippen MR) is 74.3 cm³/mol. The van der Waals surface area contributed by atoms with Crippen LogP contribution in [-0.2, 0) is 0 Å². The van der Waals surface area contributed by atoms with Crippen molar-refractivity contribution in [3.05, 3.63) is 0 Å². The predicted octanol–water partition coefficient (Wildman–Crippen LogP) is 2.34. The van der Waals surface area contributed by atoms with Gasteiger partial charge in [0.15, 0.2) is 0 Å². The average Bonchev–Trinajstić information content (AvgIpc) is 2.21. The summed E-state index contributed by atoms with van der Waals surface area (Å²) < 4.78 is 0. The average molecular weight is 226 g/mol. The van der Waals surface area contributed by atoms with Crippen LogP contribution >= 0.6 is 0 Å². The minimum atomic E-state index is -1.18. The molecule has 0 amide bonds. The van der Waals surface area contributed by atoms with Gasteiger partial charge < -0.3 is 10.0 Å². The monoisotopic (exact) mass is 226 g/mol. The lowest BCUT2D eigenvalue weighted by Crippen LogP contribution is -2.30. The van der Waals surface area contributed by atoms with Crippen molar-refractivity contribution in [1.29, 1.82) is 0 Å². The highest BCUT2D eigenvalue weighted by Crippen LogP contribution is 2.29. The third kappa shape index (κ3) is 8.23. The van der Waals surface area contributed by atoms with Crippen LogP contribution in [0.2, 0.25) is 5.21 Å². The molecular formula is C12H28B2O2. The first-order valence-corrected chi connectivity index (χ1v) is 6.87. The van der Waals surface area contributed by atoms with Gasteiger partial charge in [-0.3, -0.25) is 0 Å². The van der Waals surface area contributed by atoms with Gasteiger partial charge in [0.05, 0.1) is 0 Å². The number of unbranched alkanes of at least 4 members (excludes halogenated alkanes) is 7. The standard InChI is InChI=1S/C12H28B2O2/c1-3-4-5-6-7-8-9-10-11-12(2,13)14(15)16/h15-16H,3-11,13H2,1-2H3. The Labute approximate surface area is 102 Å². The second-order valence-corrected chi connectivity index (χ2v) is 5.59. The summed E-state index contributed by atoms with van der Waals surface area (Å²) in [4.78, 5) is 0. The zero-order valence-electron chi connectivity index (χ0n) is 11.3. The van der Waals surface area contributed by atoms with E-state index in [2.05, 4.69) is 6.92 Å². The SMILES string of the molecule is BC(C)(CCCCCCCCCC)B(O)O. The molecule has 1 unspecified atom stereocenters. The molecule has 94 valence electrons. The molecular weight excluding hydrogens is 198 g/mol. The Kier molecular flexibility index (Phi) is 9.15. The van der Waals surface area contributed by atoms with Crippen molar-refractivity contribution < 1.29 is 10.0 Å². The van der Waals surface area contributed by atoms with Crippen LogP contribution in [0.1, 0.15) is 71.6 Å². The summed E-state index contributed by atoms with van der Waals surface area (Å²) in [5.74, 6) is 0. The first kappa shape index (κ1) is 16.0. The third-order valence-corrected chi connectivity index (χ3v) is 3.37. The molecule has 1 atom stereocenters. The van der Waals surface area contributed by atoms with E-state index >= 15 is 0 Å². The maximum atomic E-state index is 9.14. The second kappa shape index (κ2) is 9.12. The normalized spacial score (nSPS) is 14.8. The van der Waals surface area contributed by atoms with Crippen molar-refractivity contribution in [3.8, 4) is 0 Å². The van der Waals surface area contributed by atoms with E-state index in [1.165, 1.54) is 44.9 Å². The van der Waals surface area contributed by atoms with Crippen molar-refractivity contribution in [2.24, 2.45) is 0 Å². The molecule has 0 aliphatic carbocycles. The third-order valence-electron chi connectivity index (χ3n) is 3.37. The molecule has 16 heavy (non-hydrogen) atoms. The van der Waals surface area contributed by atoms with E-state index in [1.807, 2.05) is 14.8 Å². The molecule has 0 bridgehead atoms. The molecule has 0 fully saturated rings. The number of hydrogen-bond acceptors (Lipinski definition) is 2. The Morgan fingerprint density at radius 3 is 1.81 bits per heavy atom. The lowest BCUT2D eigenvalue weighted by molar-refractivity contribution is 0.367. The largest absolute Gasteiger partial charge is 0.449 e. The number of hydrogen-bond donors (Lipinski definition) is 2. The summed E-state index contributed by atoms with van der Waals surface area (Å²) in [6.45, 7) is 4.15. The van der Waals surface area contributed by atoms with E-state index in [0.717, 1.165) is 12.8 Å². The lowest BCUT2D eigenvalue weighted by atomic mass is 9.45. The van der Waals surface area contributed by atoms with Gasteiger partial charge in [0.1, 0.15) is 7.85 Å². The first-order valence-electron chi connectivity index (χ1n) is 6.87. The quantitative estimate of drug-likeness (QED) is 0.443. The molecule has 0 aromatic heterocycles. The zero-order valence-corrected chi connectivity index (χ0v) is 11.3. The molecule has 0 saturated carbocycles. The van der Waals surface area contributed by atoms with Crippen molar-refractivity contribution in [2.75, 3.05) is 0 Å². The van der Waals surface area contributed by atoms with Crippen LogP contribution in [0.3, 0.4) is 0 Å².